The molecule has 1 unspecified atom stereocenters. The molecule has 0 radical (unpaired) electrons. The van der Waals surface area contributed by atoms with E-state index in [1.807, 2.05) is 32.6 Å². The van der Waals surface area contributed by atoms with Gasteiger partial charge in [-0.05, 0) is 69.9 Å². The summed E-state index contributed by atoms with van der Waals surface area (Å²) < 4.78 is 10.9. The van der Waals surface area contributed by atoms with Crippen LogP contribution in [0.2, 0.25) is 0 Å². The monoisotopic (exact) mass is 540 g/mol. The molecule has 2 amide bonds. The lowest BCUT2D eigenvalue weighted by molar-refractivity contribution is 0.0502. The lowest BCUT2D eigenvalue weighted by Crippen LogP contribution is -2.50. The third-order valence-electron chi connectivity index (χ3n) is 7.56. The van der Waals surface area contributed by atoms with Crippen LogP contribution in [0.25, 0.3) is 10.4 Å². The second-order valence-corrected chi connectivity index (χ2v) is 12.6. The number of hydrogen-bond acceptors (Lipinski definition) is 7. The van der Waals surface area contributed by atoms with Crippen molar-refractivity contribution in [2.24, 2.45) is 0 Å². The van der Waals surface area contributed by atoms with Crippen LogP contribution in [-0.2, 0) is 9.47 Å². The number of thiophene rings is 1. The molecule has 2 aromatic rings. The Hall–Kier alpha value is -2.62. The largest absolute Gasteiger partial charge is 0.444 e. The van der Waals surface area contributed by atoms with E-state index in [2.05, 4.69) is 45.4 Å². The molecule has 0 bridgehead atoms. The number of alkyl carbamates (subject to hydrolysis) is 1. The van der Waals surface area contributed by atoms with E-state index in [1.54, 1.807) is 11.3 Å². The van der Waals surface area contributed by atoms with Gasteiger partial charge < -0.3 is 24.6 Å². The van der Waals surface area contributed by atoms with Crippen LogP contribution in [0.3, 0.4) is 0 Å². The second kappa shape index (κ2) is 11.2. The van der Waals surface area contributed by atoms with Gasteiger partial charge in [0.05, 0.1) is 17.5 Å². The summed E-state index contributed by atoms with van der Waals surface area (Å²) in [6, 6.07) is 11.4. The highest BCUT2D eigenvalue weighted by Gasteiger charge is 2.31. The summed E-state index contributed by atoms with van der Waals surface area (Å²) >= 11 is 1.55. The highest BCUT2D eigenvalue weighted by Crippen LogP contribution is 2.34. The van der Waals surface area contributed by atoms with Crippen LogP contribution in [0, 0.1) is 6.92 Å². The number of benzene rings is 1. The maximum absolute atomic E-state index is 13.3. The van der Waals surface area contributed by atoms with E-state index in [-0.39, 0.29) is 11.9 Å². The molecular formula is C29H40N4O4S. The number of aryl methyl sites for hydroxylation is 1. The predicted octanol–water partition coefficient (Wildman–Crippen LogP) is 4.37. The minimum atomic E-state index is -0.541. The molecule has 3 saturated heterocycles. The number of anilines is 1. The topological polar surface area (TPSA) is 74.4 Å². The van der Waals surface area contributed by atoms with Gasteiger partial charge in [0.25, 0.3) is 5.91 Å². The highest BCUT2D eigenvalue weighted by atomic mass is 32.1. The maximum atomic E-state index is 13.3. The van der Waals surface area contributed by atoms with Gasteiger partial charge >= 0.3 is 6.09 Å². The Bertz CT molecular complexity index is 1130. The van der Waals surface area contributed by atoms with Gasteiger partial charge in [0.15, 0.2) is 0 Å². The molecule has 38 heavy (non-hydrogen) atoms. The number of ether oxygens (including phenoxy) is 2. The summed E-state index contributed by atoms with van der Waals surface area (Å²) in [4.78, 5) is 34.2. The molecule has 206 valence electrons. The van der Waals surface area contributed by atoms with Crippen LogP contribution >= 0.6 is 11.3 Å². The van der Waals surface area contributed by atoms with Gasteiger partial charge in [0.2, 0.25) is 0 Å². The van der Waals surface area contributed by atoms with E-state index in [4.69, 9.17) is 9.47 Å². The van der Waals surface area contributed by atoms with Crippen LogP contribution < -0.4 is 10.2 Å². The smallest absolute Gasteiger partial charge is 0.407 e. The van der Waals surface area contributed by atoms with Crippen LogP contribution in [0.15, 0.2) is 30.3 Å². The number of carbonyl (C=O) groups is 2. The van der Waals surface area contributed by atoms with Crippen molar-refractivity contribution in [3.8, 4) is 10.4 Å². The third kappa shape index (κ3) is 6.33. The summed E-state index contributed by atoms with van der Waals surface area (Å²) in [5.74, 6) is 0.0365. The SMILES string of the molecule is Cc1cc(-c2ccc(N3CCN(C4CCOC4)CC3)cc2)sc1C(=O)N1CC[C@H](NC(=O)OC(C)(C)C)C1. The predicted molar refractivity (Wildman–Crippen MR) is 151 cm³/mol. The molecule has 8 nitrogen and oxygen atoms in total. The van der Waals surface area contributed by atoms with E-state index in [1.165, 1.54) is 5.69 Å². The lowest BCUT2D eigenvalue weighted by Gasteiger charge is -2.38. The van der Waals surface area contributed by atoms with Gasteiger partial charge in [-0.15, -0.1) is 11.3 Å². The van der Waals surface area contributed by atoms with Crippen molar-refractivity contribution in [1.29, 1.82) is 0 Å². The fourth-order valence-corrected chi connectivity index (χ4v) is 6.65. The molecule has 0 spiro atoms. The van der Waals surface area contributed by atoms with Crippen molar-refractivity contribution in [2.75, 3.05) is 57.4 Å². The van der Waals surface area contributed by atoms with E-state index in [0.717, 1.165) is 73.1 Å². The molecule has 3 aliphatic rings. The lowest BCUT2D eigenvalue weighted by atomic mass is 10.1. The number of nitrogens with one attached hydrogen (secondary N) is 1. The molecular weight excluding hydrogens is 500 g/mol. The van der Waals surface area contributed by atoms with Crippen molar-refractivity contribution in [3.63, 3.8) is 0 Å². The van der Waals surface area contributed by atoms with Gasteiger partial charge in [-0.2, -0.15) is 0 Å². The molecule has 4 heterocycles. The molecule has 3 fully saturated rings. The van der Waals surface area contributed by atoms with Crippen LogP contribution in [0.4, 0.5) is 10.5 Å². The van der Waals surface area contributed by atoms with Crippen LogP contribution in [0.1, 0.15) is 48.8 Å². The Kier molecular flexibility index (Phi) is 7.98. The second-order valence-electron chi connectivity index (χ2n) is 11.6. The minimum Gasteiger partial charge on any atom is -0.444 e. The average molecular weight is 541 g/mol. The Balaban J connectivity index is 1.17. The standard InChI is InChI=1S/C29H40N4O4S/c1-20-17-25(38-26(20)27(34)33-11-9-22(18-33)30-28(35)37-29(2,3)4)21-5-7-23(8-6-21)31-12-14-32(15-13-31)24-10-16-36-19-24/h5-8,17,22,24H,9-16,18-19H2,1-4H3,(H,30,35)/t22-,24?/m0/s1. The maximum Gasteiger partial charge on any atom is 0.407 e. The van der Waals surface area contributed by atoms with Crippen molar-refractivity contribution in [3.05, 3.63) is 40.8 Å². The quantitative estimate of drug-likeness (QED) is 0.607. The molecule has 1 aromatic heterocycles. The Morgan fingerprint density at radius 3 is 2.45 bits per heavy atom. The summed E-state index contributed by atoms with van der Waals surface area (Å²) in [7, 11) is 0. The average Bonchev–Trinajstić information content (AvgIpc) is 3.64. The van der Waals surface area contributed by atoms with E-state index in [9.17, 15) is 9.59 Å². The van der Waals surface area contributed by atoms with E-state index in [0.29, 0.717) is 19.1 Å². The number of rotatable bonds is 5. The van der Waals surface area contributed by atoms with Crippen LogP contribution in [0.5, 0.6) is 0 Å². The van der Waals surface area contributed by atoms with Crippen molar-refractivity contribution < 1.29 is 19.1 Å². The van der Waals surface area contributed by atoms with Crippen molar-refractivity contribution >= 4 is 29.0 Å². The molecule has 0 saturated carbocycles. The zero-order valence-corrected chi connectivity index (χ0v) is 23.8. The number of amides is 2. The molecule has 5 rings (SSSR count). The van der Waals surface area contributed by atoms with Gasteiger partial charge in [0.1, 0.15) is 5.60 Å². The molecule has 9 heteroatoms. The fraction of sp³-hybridized carbons (Fsp3) is 0.586. The Labute approximate surface area is 229 Å². The van der Waals surface area contributed by atoms with E-state index >= 15 is 0 Å². The zero-order chi connectivity index (χ0) is 26.9. The summed E-state index contributed by atoms with van der Waals surface area (Å²) in [5.41, 5.74) is 2.84. The molecule has 2 atom stereocenters. The summed E-state index contributed by atoms with van der Waals surface area (Å²) in [5, 5.41) is 2.90. The normalized spacial score (nSPS) is 22.6. The first kappa shape index (κ1) is 27.0. The third-order valence-corrected chi connectivity index (χ3v) is 8.84. The first-order chi connectivity index (χ1) is 18.2. The van der Waals surface area contributed by atoms with Gasteiger partial charge in [-0.25, -0.2) is 4.79 Å². The zero-order valence-electron chi connectivity index (χ0n) is 23.0. The molecule has 3 aliphatic heterocycles. The Morgan fingerprint density at radius 2 is 1.79 bits per heavy atom. The minimum absolute atomic E-state index is 0.0365. The molecule has 1 N–H and O–H groups in total. The number of likely N-dealkylation sites (tertiary alicyclic amines) is 1. The summed E-state index contributed by atoms with van der Waals surface area (Å²) in [6.45, 7) is 14.7. The molecule has 0 aliphatic carbocycles. The number of carbonyl (C=O) groups excluding carboxylic acids is 2. The van der Waals surface area contributed by atoms with Gasteiger partial charge in [0, 0.05) is 62.5 Å². The fourth-order valence-electron chi connectivity index (χ4n) is 5.51. The van der Waals surface area contributed by atoms with Gasteiger partial charge in [-0.3, -0.25) is 9.69 Å². The van der Waals surface area contributed by atoms with Crippen LogP contribution in [-0.4, -0.2) is 92.0 Å². The highest BCUT2D eigenvalue weighted by molar-refractivity contribution is 7.17. The number of nitrogens with zero attached hydrogens (tertiary/aromatic N) is 3. The Morgan fingerprint density at radius 1 is 1.05 bits per heavy atom. The van der Waals surface area contributed by atoms with Gasteiger partial charge in [-0.1, -0.05) is 12.1 Å². The first-order valence-corrected chi connectivity index (χ1v) is 14.5. The molecule has 1 aromatic carbocycles. The summed E-state index contributed by atoms with van der Waals surface area (Å²) in [6.07, 6.45) is 1.45. The van der Waals surface area contributed by atoms with E-state index < -0.39 is 11.7 Å². The number of piperazine rings is 1. The number of hydrogen-bond donors (Lipinski definition) is 1. The van der Waals surface area contributed by atoms with Crippen molar-refractivity contribution in [1.82, 2.24) is 15.1 Å². The first-order valence-electron chi connectivity index (χ1n) is 13.7. The van der Waals surface area contributed by atoms with Crippen molar-refractivity contribution in [2.45, 2.75) is 58.2 Å².